The van der Waals surface area contributed by atoms with Crippen LogP contribution >= 0.6 is 0 Å². The molecule has 1 aromatic carbocycles. The molecule has 2 aliphatic rings. The molecular weight excluding hydrogens is 345 g/mol. The van der Waals surface area contributed by atoms with Gasteiger partial charge in [-0.25, -0.2) is 13.9 Å². The molecule has 142 valence electrons. The molecule has 5 rings (SSSR count). The number of aromatic nitrogens is 3. The molecule has 27 heavy (non-hydrogen) atoms. The monoisotopic (exact) mass is 369 g/mol. The zero-order valence-corrected chi connectivity index (χ0v) is 15.2. The van der Waals surface area contributed by atoms with Crippen LogP contribution in [0.2, 0.25) is 0 Å². The van der Waals surface area contributed by atoms with Gasteiger partial charge in [0.1, 0.15) is 5.82 Å². The van der Waals surface area contributed by atoms with Crippen molar-refractivity contribution in [3.05, 3.63) is 58.4 Å². The van der Waals surface area contributed by atoms with Crippen molar-refractivity contribution in [1.82, 2.24) is 19.9 Å². The van der Waals surface area contributed by atoms with E-state index in [1.165, 1.54) is 50.6 Å². The normalized spacial score (nSPS) is 16.6. The number of anilines is 2. The Labute approximate surface area is 156 Å². The average molecular weight is 369 g/mol. The van der Waals surface area contributed by atoms with E-state index in [1.54, 1.807) is 22.8 Å². The number of fused-ring (bicyclic) bond motifs is 1. The van der Waals surface area contributed by atoms with Gasteiger partial charge in [0.05, 0.1) is 17.6 Å². The summed E-state index contributed by atoms with van der Waals surface area (Å²) in [5.74, 6) is 0.142. The van der Waals surface area contributed by atoms with Crippen LogP contribution in [0.3, 0.4) is 0 Å². The summed E-state index contributed by atoms with van der Waals surface area (Å²) >= 11 is 0. The number of aromatic amines is 1. The molecule has 1 aliphatic carbocycles. The number of imidazole rings is 1. The second-order valence-electron chi connectivity index (χ2n) is 7.10. The van der Waals surface area contributed by atoms with E-state index in [1.807, 2.05) is 0 Å². The third-order valence-corrected chi connectivity index (χ3v) is 4.83. The van der Waals surface area contributed by atoms with Gasteiger partial charge in [0.15, 0.2) is 5.65 Å². The molecule has 2 fully saturated rings. The van der Waals surface area contributed by atoms with Crippen molar-refractivity contribution in [1.29, 1.82) is 0 Å². The lowest BCUT2D eigenvalue weighted by atomic mass is 10.2. The quantitative estimate of drug-likeness (QED) is 0.660. The second kappa shape index (κ2) is 7.92. The number of hydrogen-bond donors (Lipinski definition) is 3. The van der Waals surface area contributed by atoms with Crippen LogP contribution in [0.1, 0.15) is 43.7 Å². The second-order valence-corrected chi connectivity index (χ2v) is 7.10. The molecule has 1 saturated heterocycles. The number of hydrogen-bond acceptors (Lipinski definition) is 4. The minimum absolute atomic E-state index is 0.221. The third-order valence-electron chi connectivity index (χ3n) is 4.83. The number of nitrogens with zero attached hydrogens (tertiary/aromatic N) is 2. The highest BCUT2D eigenvalue weighted by atomic mass is 19.1. The predicted octanol–water partition coefficient (Wildman–Crippen LogP) is 3.54. The van der Waals surface area contributed by atoms with Gasteiger partial charge in [-0.3, -0.25) is 9.89 Å². The molecule has 3 aromatic rings. The maximum Gasteiger partial charge on any atom is 0.265 e. The molecule has 1 saturated carbocycles. The smallest absolute Gasteiger partial charge is 0.265 e. The summed E-state index contributed by atoms with van der Waals surface area (Å²) in [6.07, 6.45) is 8.25. The molecule has 0 atom stereocenters. The summed E-state index contributed by atoms with van der Waals surface area (Å²) in [6, 6.07) is 7.54. The van der Waals surface area contributed by atoms with Gasteiger partial charge in [0.2, 0.25) is 0 Å². The summed E-state index contributed by atoms with van der Waals surface area (Å²) < 4.78 is 15.0. The molecule has 0 spiro atoms. The SMILES string of the molecule is C1CCNCC1.O=c1cc(Nc2cccc(F)c2)c2ncc(C3CC3)n2[nH]1. The summed E-state index contributed by atoms with van der Waals surface area (Å²) in [6.45, 7) is 2.50. The summed E-state index contributed by atoms with van der Waals surface area (Å²) in [7, 11) is 0. The minimum atomic E-state index is -0.331. The van der Waals surface area contributed by atoms with E-state index in [2.05, 4.69) is 20.7 Å². The highest BCUT2D eigenvalue weighted by Gasteiger charge is 2.27. The summed E-state index contributed by atoms with van der Waals surface area (Å²) in [5, 5.41) is 9.12. The first-order valence-electron chi connectivity index (χ1n) is 9.55. The van der Waals surface area contributed by atoms with E-state index in [0.717, 1.165) is 18.5 Å². The Morgan fingerprint density at radius 2 is 1.96 bits per heavy atom. The minimum Gasteiger partial charge on any atom is -0.352 e. The standard InChI is InChI=1S/C15H13FN4O.C5H11N/c16-10-2-1-3-11(6-10)18-12-7-14(21)19-20-13(9-4-5-9)8-17-15(12)20;1-2-4-6-5-3-1/h1-3,6-9,18H,4-5H2,(H,19,21);6H,1-5H2. The van der Waals surface area contributed by atoms with Crippen molar-refractivity contribution in [2.24, 2.45) is 0 Å². The van der Waals surface area contributed by atoms with Crippen LogP contribution in [0, 0.1) is 5.82 Å². The van der Waals surface area contributed by atoms with Crippen LogP contribution in [-0.4, -0.2) is 27.7 Å². The van der Waals surface area contributed by atoms with Crippen LogP contribution < -0.4 is 16.2 Å². The number of nitrogens with one attached hydrogen (secondary N) is 3. The van der Waals surface area contributed by atoms with Crippen molar-refractivity contribution in [3.8, 4) is 0 Å². The van der Waals surface area contributed by atoms with Crippen molar-refractivity contribution in [2.75, 3.05) is 18.4 Å². The maximum absolute atomic E-state index is 13.3. The summed E-state index contributed by atoms with van der Waals surface area (Å²) in [5.41, 5.74) is 2.58. The largest absolute Gasteiger partial charge is 0.352 e. The van der Waals surface area contributed by atoms with Crippen LogP contribution in [0.15, 0.2) is 41.3 Å². The molecule has 0 unspecified atom stereocenters. The van der Waals surface area contributed by atoms with Gasteiger partial charge < -0.3 is 10.6 Å². The van der Waals surface area contributed by atoms with E-state index in [0.29, 0.717) is 22.9 Å². The Bertz CT molecular complexity index is 960. The van der Waals surface area contributed by atoms with Crippen LogP contribution in [0.4, 0.5) is 15.8 Å². The highest BCUT2D eigenvalue weighted by molar-refractivity contribution is 5.73. The van der Waals surface area contributed by atoms with Crippen molar-refractivity contribution < 1.29 is 4.39 Å². The Balaban J connectivity index is 0.000000257. The molecule has 1 aliphatic heterocycles. The molecular formula is C20H24FN5O. The fourth-order valence-corrected chi connectivity index (χ4v) is 3.29. The Morgan fingerprint density at radius 3 is 2.59 bits per heavy atom. The van der Waals surface area contributed by atoms with E-state index < -0.39 is 0 Å². The third kappa shape index (κ3) is 4.36. The molecule has 0 bridgehead atoms. The Kier molecular flexibility index (Phi) is 5.20. The Hall–Kier alpha value is -2.67. The zero-order valence-electron chi connectivity index (χ0n) is 15.2. The van der Waals surface area contributed by atoms with Gasteiger partial charge in [0.25, 0.3) is 5.56 Å². The van der Waals surface area contributed by atoms with Crippen molar-refractivity contribution >= 4 is 17.0 Å². The van der Waals surface area contributed by atoms with Crippen molar-refractivity contribution in [2.45, 2.75) is 38.0 Å². The van der Waals surface area contributed by atoms with E-state index in [4.69, 9.17) is 0 Å². The van der Waals surface area contributed by atoms with Gasteiger partial charge in [-0.2, -0.15) is 0 Å². The van der Waals surface area contributed by atoms with Crippen LogP contribution in [0.25, 0.3) is 5.65 Å². The van der Waals surface area contributed by atoms with Crippen LogP contribution in [-0.2, 0) is 0 Å². The van der Waals surface area contributed by atoms with Gasteiger partial charge in [-0.1, -0.05) is 12.5 Å². The average Bonchev–Trinajstić information content (AvgIpc) is 3.43. The number of benzene rings is 1. The molecule has 6 nitrogen and oxygen atoms in total. The number of rotatable bonds is 3. The maximum atomic E-state index is 13.3. The first-order chi connectivity index (χ1) is 13.2. The lowest BCUT2D eigenvalue weighted by molar-refractivity contribution is 0.520. The fraction of sp³-hybridized carbons (Fsp3) is 0.400. The van der Waals surface area contributed by atoms with E-state index >= 15 is 0 Å². The fourth-order valence-electron chi connectivity index (χ4n) is 3.29. The molecule has 3 heterocycles. The van der Waals surface area contributed by atoms with Gasteiger partial charge in [-0.15, -0.1) is 0 Å². The topological polar surface area (TPSA) is 74.2 Å². The summed E-state index contributed by atoms with van der Waals surface area (Å²) in [4.78, 5) is 16.2. The predicted molar refractivity (Wildman–Crippen MR) is 104 cm³/mol. The van der Waals surface area contributed by atoms with E-state index in [9.17, 15) is 9.18 Å². The lowest BCUT2D eigenvalue weighted by Crippen LogP contribution is -2.21. The number of H-pyrrole nitrogens is 1. The van der Waals surface area contributed by atoms with Gasteiger partial charge in [-0.05, 0) is 57.0 Å². The molecule has 0 radical (unpaired) electrons. The molecule has 7 heteroatoms. The highest BCUT2D eigenvalue weighted by Crippen LogP contribution is 2.40. The zero-order chi connectivity index (χ0) is 18.6. The van der Waals surface area contributed by atoms with Gasteiger partial charge >= 0.3 is 0 Å². The first kappa shape index (κ1) is 17.7. The van der Waals surface area contributed by atoms with Gasteiger partial charge in [0, 0.05) is 17.7 Å². The number of piperidine rings is 1. The molecule has 3 N–H and O–H groups in total. The van der Waals surface area contributed by atoms with E-state index in [-0.39, 0.29) is 11.4 Å². The molecule has 2 aromatic heterocycles. The number of halogens is 1. The van der Waals surface area contributed by atoms with Crippen LogP contribution in [0.5, 0.6) is 0 Å². The van der Waals surface area contributed by atoms with Crippen molar-refractivity contribution in [3.63, 3.8) is 0 Å². The Morgan fingerprint density at radius 1 is 1.15 bits per heavy atom. The lowest BCUT2D eigenvalue weighted by Gasteiger charge is -2.08. The molecule has 0 amide bonds. The first-order valence-corrected chi connectivity index (χ1v) is 9.55.